The number of benzene rings is 1. The number of nitrogens with two attached hydrogens (primary N) is 1. The van der Waals surface area contributed by atoms with Crippen LogP contribution >= 0.6 is 0 Å². The maximum absolute atomic E-state index is 5.97. The van der Waals surface area contributed by atoms with Crippen LogP contribution in [0.15, 0.2) is 17.1 Å². The lowest BCUT2D eigenvalue weighted by Crippen LogP contribution is -2.34. The van der Waals surface area contributed by atoms with Crippen LogP contribution in [0.5, 0.6) is 5.75 Å². The second-order valence-corrected chi connectivity index (χ2v) is 4.86. The number of anilines is 2. The summed E-state index contributed by atoms with van der Waals surface area (Å²) in [6.07, 6.45) is 2.07. The minimum Gasteiger partial charge on any atom is -0.489 e. The van der Waals surface area contributed by atoms with E-state index < -0.39 is 0 Å². The monoisotopic (exact) mass is 260 g/mol. The number of fused-ring (bicyclic) bond motifs is 1. The van der Waals surface area contributed by atoms with Crippen molar-refractivity contribution in [3.05, 3.63) is 17.7 Å². The van der Waals surface area contributed by atoms with E-state index in [1.807, 2.05) is 0 Å². The van der Waals surface area contributed by atoms with Crippen molar-refractivity contribution < 1.29 is 4.74 Å². The minimum absolute atomic E-state index is 0.612. The van der Waals surface area contributed by atoms with E-state index >= 15 is 0 Å². The Kier molecular flexibility index (Phi) is 3.19. The standard InChI is InChI=1S/C14H20N4O/c1-2-3-10-12(18-8-6-17-14(18)15)5-4-11-13(10)19-9-7-16-11/h4-5,16H,2-3,6-9H2,1H3,(H2,15,17). The molecule has 0 spiro atoms. The quantitative estimate of drug-likeness (QED) is 0.866. The zero-order valence-electron chi connectivity index (χ0n) is 11.3. The molecule has 102 valence electrons. The first kappa shape index (κ1) is 12.1. The van der Waals surface area contributed by atoms with Gasteiger partial charge < -0.3 is 20.7 Å². The van der Waals surface area contributed by atoms with Gasteiger partial charge in [-0.15, -0.1) is 0 Å². The highest BCUT2D eigenvalue weighted by atomic mass is 16.5. The molecule has 5 heteroatoms. The van der Waals surface area contributed by atoms with Crippen molar-refractivity contribution in [2.75, 3.05) is 36.5 Å². The van der Waals surface area contributed by atoms with Gasteiger partial charge in [0.1, 0.15) is 12.4 Å². The van der Waals surface area contributed by atoms with Crippen molar-refractivity contribution in [2.45, 2.75) is 19.8 Å². The van der Waals surface area contributed by atoms with Gasteiger partial charge in [0.2, 0.25) is 0 Å². The normalized spacial score (nSPS) is 17.5. The largest absolute Gasteiger partial charge is 0.489 e. The molecule has 19 heavy (non-hydrogen) atoms. The molecule has 0 radical (unpaired) electrons. The lowest BCUT2D eigenvalue weighted by molar-refractivity contribution is 0.320. The lowest BCUT2D eigenvalue weighted by Gasteiger charge is -2.27. The summed E-state index contributed by atoms with van der Waals surface area (Å²) in [5.74, 6) is 1.60. The molecule has 3 rings (SSSR count). The fraction of sp³-hybridized carbons (Fsp3) is 0.500. The molecule has 0 bridgehead atoms. The van der Waals surface area contributed by atoms with Gasteiger partial charge in [0.05, 0.1) is 17.9 Å². The van der Waals surface area contributed by atoms with E-state index in [1.165, 1.54) is 5.56 Å². The van der Waals surface area contributed by atoms with Crippen molar-refractivity contribution in [1.82, 2.24) is 0 Å². The van der Waals surface area contributed by atoms with Crippen LogP contribution in [0.1, 0.15) is 18.9 Å². The van der Waals surface area contributed by atoms with Crippen molar-refractivity contribution in [3.63, 3.8) is 0 Å². The molecule has 0 atom stereocenters. The van der Waals surface area contributed by atoms with Crippen LogP contribution in [0.3, 0.4) is 0 Å². The molecule has 0 saturated carbocycles. The number of nitrogens with one attached hydrogen (secondary N) is 1. The summed E-state index contributed by atoms with van der Waals surface area (Å²) in [5.41, 5.74) is 9.45. The molecule has 2 heterocycles. The van der Waals surface area contributed by atoms with Crippen LogP contribution in [-0.2, 0) is 6.42 Å². The Morgan fingerprint density at radius 3 is 3.11 bits per heavy atom. The summed E-state index contributed by atoms with van der Waals surface area (Å²) in [5, 5.41) is 3.39. The summed E-state index contributed by atoms with van der Waals surface area (Å²) in [4.78, 5) is 6.36. The smallest absolute Gasteiger partial charge is 0.195 e. The Bertz CT molecular complexity index is 512. The van der Waals surface area contributed by atoms with Crippen LogP contribution in [0, 0.1) is 0 Å². The van der Waals surface area contributed by atoms with Gasteiger partial charge in [-0.3, -0.25) is 4.99 Å². The van der Waals surface area contributed by atoms with Gasteiger partial charge in [-0.05, 0) is 18.6 Å². The Morgan fingerprint density at radius 2 is 2.37 bits per heavy atom. The molecule has 0 aliphatic carbocycles. The average Bonchev–Trinajstić information content (AvgIpc) is 2.86. The number of guanidine groups is 1. The predicted octanol–water partition coefficient (Wildman–Crippen LogP) is 1.58. The van der Waals surface area contributed by atoms with E-state index in [1.54, 1.807) is 0 Å². The molecule has 0 saturated heterocycles. The highest BCUT2D eigenvalue weighted by Gasteiger charge is 2.23. The van der Waals surface area contributed by atoms with Crippen molar-refractivity contribution in [2.24, 2.45) is 10.7 Å². The third kappa shape index (κ3) is 2.09. The minimum atomic E-state index is 0.612. The maximum Gasteiger partial charge on any atom is 0.195 e. The predicted molar refractivity (Wildman–Crippen MR) is 78.3 cm³/mol. The van der Waals surface area contributed by atoms with Crippen molar-refractivity contribution >= 4 is 17.3 Å². The van der Waals surface area contributed by atoms with Gasteiger partial charge in [0.25, 0.3) is 0 Å². The van der Waals surface area contributed by atoms with Gasteiger partial charge >= 0.3 is 0 Å². The first-order valence-electron chi connectivity index (χ1n) is 6.91. The maximum atomic E-state index is 5.97. The number of hydrogen-bond donors (Lipinski definition) is 2. The van der Waals surface area contributed by atoms with E-state index in [-0.39, 0.29) is 0 Å². The van der Waals surface area contributed by atoms with Crippen LogP contribution in [-0.4, -0.2) is 32.2 Å². The topological polar surface area (TPSA) is 62.9 Å². The molecule has 0 amide bonds. The Balaban J connectivity index is 2.06. The van der Waals surface area contributed by atoms with Gasteiger partial charge in [-0.1, -0.05) is 13.3 Å². The lowest BCUT2D eigenvalue weighted by atomic mass is 10.0. The molecule has 1 aromatic carbocycles. The van der Waals surface area contributed by atoms with Crippen LogP contribution in [0.25, 0.3) is 0 Å². The summed E-state index contributed by atoms with van der Waals surface area (Å²) < 4.78 is 5.87. The molecular formula is C14H20N4O. The summed E-state index contributed by atoms with van der Waals surface area (Å²) >= 11 is 0. The molecule has 0 unspecified atom stereocenters. The summed E-state index contributed by atoms with van der Waals surface area (Å²) in [7, 11) is 0. The van der Waals surface area contributed by atoms with Crippen LogP contribution < -0.4 is 20.7 Å². The zero-order valence-corrected chi connectivity index (χ0v) is 11.3. The summed E-state index contributed by atoms with van der Waals surface area (Å²) in [6.45, 7) is 5.39. The fourth-order valence-electron chi connectivity index (χ4n) is 2.71. The molecular weight excluding hydrogens is 240 g/mol. The highest BCUT2D eigenvalue weighted by molar-refractivity contribution is 5.98. The van der Waals surface area contributed by atoms with Crippen molar-refractivity contribution in [1.29, 1.82) is 0 Å². The van der Waals surface area contributed by atoms with Crippen LogP contribution in [0.2, 0.25) is 0 Å². The van der Waals surface area contributed by atoms with Gasteiger partial charge in [0, 0.05) is 18.7 Å². The number of rotatable bonds is 3. The van der Waals surface area contributed by atoms with E-state index in [9.17, 15) is 0 Å². The van der Waals surface area contributed by atoms with Crippen molar-refractivity contribution in [3.8, 4) is 5.75 Å². The highest BCUT2D eigenvalue weighted by Crippen LogP contribution is 2.39. The third-order valence-electron chi connectivity index (χ3n) is 3.56. The Morgan fingerprint density at radius 1 is 1.47 bits per heavy atom. The van der Waals surface area contributed by atoms with Gasteiger partial charge in [0.15, 0.2) is 5.96 Å². The average molecular weight is 260 g/mol. The molecule has 0 fully saturated rings. The zero-order chi connectivity index (χ0) is 13.2. The van der Waals surface area contributed by atoms with Gasteiger partial charge in [-0.2, -0.15) is 0 Å². The SMILES string of the molecule is CCCc1c(N2CCN=C2N)ccc2c1OCCN2. The molecule has 3 N–H and O–H groups in total. The van der Waals surface area contributed by atoms with E-state index in [0.29, 0.717) is 5.96 Å². The number of aliphatic imine (C=N–C) groups is 1. The van der Waals surface area contributed by atoms with E-state index in [4.69, 9.17) is 10.5 Å². The van der Waals surface area contributed by atoms with E-state index in [0.717, 1.165) is 56.2 Å². The number of hydrogen-bond acceptors (Lipinski definition) is 5. The Hall–Kier alpha value is -1.91. The number of nitrogens with zero attached hydrogens (tertiary/aromatic N) is 2. The van der Waals surface area contributed by atoms with Gasteiger partial charge in [-0.25, -0.2) is 0 Å². The molecule has 2 aliphatic rings. The second kappa shape index (κ2) is 4.99. The van der Waals surface area contributed by atoms with E-state index in [2.05, 4.69) is 34.3 Å². The van der Waals surface area contributed by atoms with Crippen LogP contribution in [0.4, 0.5) is 11.4 Å². The number of ether oxygens (including phenoxy) is 1. The molecule has 0 aromatic heterocycles. The first-order valence-corrected chi connectivity index (χ1v) is 6.91. The Labute approximate surface area is 113 Å². The fourth-order valence-corrected chi connectivity index (χ4v) is 2.71. The molecule has 5 nitrogen and oxygen atoms in total. The molecule has 2 aliphatic heterocycles. The first-order chi connectivity index (χ1) is 9.31. The third-order valence-corrected chi connectivity index (χ3v) is 3.56. The summed E-state index contributed by atoms with van der Waals surface area (Å²) in [6, 6.07) is 4.20. The second-order valence-electron chi connectivity index (χ2n) is 4.86. The molecule has 1 aromatic rings.